The number of nitrogens with two attached hydrogens (primary N) is 1. The molecule has 2 nitrogen and oxygen atoms in total. The van der Waals surface area contributed by atoms with Crippen LogP contribution in [-0.4, -0.2) is 11.9 Å². The molecular weight excluding hydrogens is 300 g/mol. The van der Waals surface area contributed by atoms with Crippen molar-refractivity contribution in [3.8, 4) is 0 Å². The maximum absolute atomic E-state index is 5.90. The molecule has 0 saturated heterocycles. The lowest BCUT2D eigenvalue weighted by molar-refractivity contribution is 0.319. The Bertz CT molecular complexity index is 566. The van der Waals surface area contributed by atoms with E-state index >= 15 is 0 Å². The van der Waals surface area contributed by atoms with Gasteiger partial charge in [-0.25, -0.2) is 0 Å². The van der Waals surface area contributed by atoms with Gasteiger partial charge in [0, 0.05) is 23.2 Å². The molecule has 0 aliphatic rings. The first kappa shape index (κ1) is 14.1. The van der Waals surface area contributed by atoms with Crippen LogP contribution >= 0.6 is 15.9 Å². The molecule has 2 aromatic rings. The van der Waals surface area contributed by atoms with Crippen molar-refractivity contribution < 1.29 is 0 Å². The SMILES string of the molecule is Cc1cccc(CN(C)Cc2ccc(Br)c(N)c2)c1. The topological polar surface area (TPSA) is 29.3 Å². The summed E-state index contributed by atoms with van der Waals surface area (Å²) in [6, 6.07) is 14.8. The van der Waals surface area contributed by atoms with Crippen LogP contribution in [0.3, 0.4) is 0 Å². The summed E-state index contributed by atoms with van der Waals surface area (Å²) in [6.45, 7) is 3.96. The number of halogens is 1. The van der Waals surface area contributed by atoms with E-state index in [2.05, 4.69) is 65.1 Å². The second-order valence-electron chi connectivity index (χ2n) is 5.02. The first-order chi connectivity index (χ1) is 9.04. The number of anilines is 1. The quantitative estimate of drug-likeness (QED) is 0.864. The Balaban J connectivity index is 2.01. The molecule has 3 heteroatoms. The second kappa shape index (κ2) is 6.22. The fourth-order valence-corrected chi connectivity index (χ4v) is 2.43. The number of rotatable bonds is 4. The highest BCUT2D eigenvalue weighted by Gasteiger charge is 2.04. The number of aryl methyl sites for hydroxylation is 1. The molecule has 0 saturated carbocycles. The van der Waals surface area contributed by atoms with E-state index in [1.807, 2.05) is 12.1 Å². The van der Waals surface area contributed by atoms with Crippen molar-refractivity contribution in [1.82, 2.24) is 4.90 Å². The van der Waals surface area contributed by atoms with Gasteiger partial charge >= 0.3 is 0 Å². The van der Waals surface area contributed by atoms with Gasteiger partial charge in [0.15, 0.2) is 0 Å². The summed E-state index contributed by atoms with van der Waals surface area (Å²) in [5.74, 6) is 0. The fraction of sp³-hybridized carbons (Fsp3) is 0.250. The molecule has 2 rings (SSSR count). The van der Waals surface area contributed by atoms with Gasteiger partial charge < -0.3 is 5.73 Å². The van der Waals surface area contributed by atoms with Gasteiger partial charge in [-0.05, 0) is 53.2 Å². The number of nitrogens with zero attached hydrogens (tertiary/aromatic N) is 1. The molecule has 2 N–H and O–H groups in total. The van der Waals surface area contributed by atoms with Crippen molar-refractivity contribution in [3.05, 3.63) is 63.6 Å². The van der Waals surface area contributed by atoms with E-state index in [4.69, 9.17) is 5.73 Å². The summed E-state index contributed by atoms with van der Waals surface area (Å²) in [6.07, 6.45) is 0. The smallest absolute Gasteiger partial charge is 0.0461 e. The van der Waals surface area contributed by atoms with E-state index in [1.165, 1.54) is 16.7 Å². The first-order valence-electron chi connectivity index (χ1n) is 6.32. The highest BCUT2D eigenvalue weighted by atomic mass is 79.9. The molecule has 0 heterocycles. The van der Waals surface area contributed by atoms with Gasteiger partial charge in [-0.15, -0.1) is 0 Å². The molecule has 0 radical (unpaired) electrons. The molecule has 0 aliphatic carbocycles. The van der Waals surface area contributed by atoms with Crippen molar-refractivity contribution in [3.63, 3.8) is 0 Å². The minimum absolute atomic E-state index is 0.793. The largest absolute Gasteiger partial charge is 0.398 e. The highest BCUT2D eigenvalue weighted by Crippen LogP contribution is 2.21. The molecule has 0 aliphatic heterocycles. The van der Waals surface area contributed by atoms with Crippen molar-refractivity contribution in [2.24, 2.45) is 0 Å². The fourth-order valence-electron chi connectivity index (χ4n) is 2.18. The molecule has 0 fully saturated rings. The average molecular weight is 319 g/mol. The summed E-state index contributed by atoms with van der Waals surface area (Å²) in [5, 5.41) is 0. The minimum atomic E-state index is 0.793. The average Bonchev–Trinajstić information content (AvgIpc) is 2.34. The van der Waals surface area contributed by atoms with Gasteiger partial charge in [0.2, 0.25) is 0 Å². The van der Waals surface area contributed by atoms with Gasteiger partial charge in [-0.3, -0.25) is 4.90 Å². The van der Waals surface area contributed by atoms with E-state index in [1.54, 1.807) is 0 Å². The lowest BCUT2D eigenvalue weighted by Crippen LogP contribution is -2.17. The van der Waals surface area contributed by atoms with Crippen LogP contribution in [0.1, 0.15) is 16.7 Å². The summed E-state index contributed by atoms with van der Waals surface area (Å²) in [5.41, 5.74) is 10.6. The maximum atomic E-state index is 5.90. The third kappa shape index (κ3) is 4.08. The molecule has 0 amide bonds. The number of nitrogen functional groups attached to an aromatic ring is 1. The molecule has 100 valence electrons. The van der Waals surface area contributed by atoms with E-state index in [0.717, 1.165) is 23.2 Å². The van der Waals surface area contributed by atoms with Crippen LogP contribution in [0.2, 0.25) is 0 Å². The van der Waals surface area contributed by atoms with Gasteiger partial charge in [0.05, 0.1) is 0 Å². The van der Waals surface area contributed by atoms with Crippen molar-refractivity contribution in [2.75, 3.05) is 12.8 Å². The third-order valence-electron chi connectivity index (χ3n) is 3.05. The van der Waals surface area contributed by atoms with E-state index < -0.39 is 0 Å². The summed E-state index contributed by atoms with van der Waals surface area (Å²) in [4.78, 5) is 2.29. The van der Waals surface area contributed by atoms with Gasteiger partial charge in [-0.1, -0.05) is 35.9 Å². The molecule has 0 unspecified atom stereocenters. The van der Waals surface area contributed by atoms with Crippen LogP contribution < -0.4 is 5.73 Å². The Morgan fingerprint density at radius 3 is 2.37 bits per heavy atom. The number of benzene rings is 2. The molecule has 19 heavy (non-hydrogen) atoms. The predicted molar refractivity (Wildman–Crippen MR) is 84.9 cm³/mol. The van der Waals surface area contributed by atoms with Crippen LogP contribution in [0.5, 0.6) is 0 Å². The van der Waals surface area contributed by atoms with Crippen LogP contribution in [0.15, 0.2) is 46.9 Å². The van der Waals surface area contributed by atoms with E-state index in [0.29, 0.717) is 0 Å². The summed E-state index contributed by atoms with van der Waals surface area (Å²) in [7, 11) is 2.13. The normalized spacial score (nSPS) is 10.9. The molecule has 0 aromatic heterocycles. The first-order valence-corrected chi connectivity index (χ1v) is 7.12. The maximum Gasteiger partial charge on any atom is 0.0461 e. The Morgan fingerprint density at radius 2 is 1.74 bits per heavy atom. The zero-order chi connectivity index (χ0) is 13.8. The monoisotopic (exact) mass is 318 g/mol. The third-order valence-corrected chi connectivity index (χ3v) is 3.77. The molecule has 0 atom stereocenters. The molecular formula is C16H19BrN2. The lowest BCUT2D eigenvalue weighted by Gasteiger charge is -2.17. The summed E-state index contributed by atoms with van der Waals surface area (Å²) < 4.78 is 0.956. The Morgan fingerprint density at radius 1 is 1.05 bits per heavy atom. The minimum Gasteiger partial charge on any atom is -0.398 e. The molecule has 2 aromatic carbocycles. The van der Waals surface area contributed by atoms with Crippen LogP contribution in [0, 0.1) is 6.92 Å². The van der Waals surface area contributed by atoms with Crippen LogP contribution in [0.25, 0.3) is 0 Å². The Hall–Kier alpha value is -1.32. The molecule has 0 bridgehead atoms. The van der Waals surface area contributed by atoms with Crippen molar-refractivity contribution in [1.29, 1.82) is 0 Å². The number of hydrogen-bond acceptors (Lipinski definition) is 2. The Kier molecular flexibility index (Phi) is 4.61. The number of hydrogen-bond donors (Lipinski definition) is 1. The second-order valence-corrected chi connectivity index (χ2v) is 5.87. The standard InChI is InChI=1S/C16H19BrN2/c1-12-4-3-5-13(8-12)10-19(2)11-14-6-7-15(17)16(18)9-14/h3-9H,10-11,18H2,1-2H3. The predicted octanol–water partition coefficient (Wildman–Crippen LogP) is 3.97. The van der Waals surface area contributed by atoms with Crippen molar-refractivity contribution in [2.45, 2.75) is 20.0 Å². The van der Waals surface area contributed by atoms with Gasteiger partial charge in [0.1, 0.15) is 0 Å². The lowest BCUT2D eigenvalue weighted by atomic mass is 10.1. The van der Waals surface area contributed by atoms with E-state index in [9.17, 15) is 0 Å². The highest BCUT2D eigenvalue weighted by molar-refractivity contribution is 9.10. The van der Waals surface area contributed by atoms with Gasteiger partial charge in [-0.2, -0.15) is 0 Å². The van der Waals surface area contributed by atoms with Crippen molar-refractivity contribution >= 4 is 21.6 Å². The Labute approximate surface area is 123 Å². The van der Waals surface area contributed by atoms with Crippen LogP contribution in [0.4, 0.5) is 5.69 Å². The molecule has 0 spiro atoms. The van der Waals surface area contributed by atoms with Crippen LogP contribution in [-0.2, 0) is 13.1 Å². The van der Waals surface area contributed by atoms with E-state index in [-0.39, 0.29) is 0 Å². The van der Waals surface area contributed by atoms with Gasteiger partial charge in [0.25, 0.3) is 0 Å². The zero-order valence-corrected chi connectivity index (χ0v) is 12.9. The summed E-state index contributed by atoms with van der Waals surface area (Å²) >= 11 is 3.42. The zero-order valence-electron chi connectivity index (χ0n) is 11.4.